The van der Waals surface area contributed by atoms with Crippen molar-refractivity contribution >= 4 is 0 Å². The molecule has 22 heteroatoms. The molecule has 1 heterocycles. The molecular weight excluding hydrogens is 2010 g/mol. The van der Waals surface area contributed by atoms with Crippen molar-refractivity contribution in [1.29, 1.82) is 0 Å². The predicted molar refractivity (Wildman–Crippen MR) is 49.9 cm³/mol. The number of aryl methyl sites for hydroxylation is 2. The van der Waals surface area contributed by atoms with Crippen molar-refractivity contribution in [1.82, 2.24) is 4.98 Å². The Hall–Kier alpha value is 22.3. The van der Waals surface area contributed by atoms with Crippen LogP contribution in [0.15, 0.2) is 0 Å². The standard InChI is InChI=1S/C11H15N.21Y/c1-8(2)5-11-6-9(3)10(4)7-12-11;;;;;;;;;;;;;;;;;;;;;/h8H,5H2,1-4H3;;;;;;;;;;;;;;;;;;;;;/q-2;;;;;;;;;;;;;;;;;;;;;. The molecule has 1 aromatic heterocycles. The van der Waals surface area contributed by atoms with E-state index in [0.29, 0.717) is 5.92 Å². The van der Waals surface area contributed by atoms with Gasteiger partial charge in [0.25, 0.3) is 0 Å². The van der Waals surface area contributed by atoms with Gasteiger partial charge in [0, 0.05) is 687 Å². The Bertz CT molecular complexity index is 295. The minimum absolute atomic E-state index is 0. The number of nitrogens with zero attached hydrogens (tertiary/aromatic N) is 1. The van der Waals surface area contributed by atoms with Crippen molar-refractivity contribution in [2.75, 3.05) is 0 Å². The SMILES string of the molecule is Cc1[c-]nc(CC(C)C)[c-]c1C.[Y].[Y].[Y].[Y].[Y].[Y].[Y].[Y].[Y].[Y].[Y].[Y].[Y].[Y].[Y].[Y].[Y].[Y].[Y].[Y].[Y]. The Balaban J connectivity index is -0.00000000361. The number of rotatable bonds is 2. The largest absolute Gasteiger partial charge is 0.430 e. The molecule has 0 bridgehead atoms. The van der Waals surface area contributed by atoms with Crippen LogP contribution in [0.3, 0.4) is 0 Å². The van der Waals surface area contributed by atoms with E-state index in [0.717, 1.165) is 17.7 Å². The second-order valence-corrected chi connectivity index (χ2v) is 3.64. The van der Waals surface area contributed by atoms with Crippen LogP contribution in [0.1, 0.15) is 30.7 Å². The molecule has 0 unspecified atom stereocenters. The zero-order valence-electron chi connectivity index (χ0n) is 20.4. The molecule has 0 aromatic carbocycles. The molecule has 0 fully saturated rings. The average Bonchev–Trinajstić information content (AvgIpc) is 1.96. The molecule has 0 aliphatic rings. The van der Waals surface area contributed by atoms with Crippen molar-refractivity contribution in [2.45, 2.75) is 34.1 Å². The van der Waals surface area contributed by atoms with Crippen LogP contribution in [0.2, 0.25) is 0 Å². The van der Waals surface area contributed by atoms with Gasteiger partial charge in [-0.15, -0.1) is 13.8 Å². The Morgan fingerprint density at radius 3 is 0.909 bits per heavy atom. The number of hydrogen-bond acceptors (Lipinski definition) is 1. The van der Waals surface area contributed by atoms with Crippen LogP contribution in [0.25, 0.3) is 0 Å². The number of hydrogen-bond donors (Lipinski definition) is 0. The summed E-state index contributed by atoms with van der Waals surface area (Å²) in [5.74, 6) is 0.643. The summed E-state index contributed by atoms with van der Waals surface area (Å²) in [7, 11) is 0. The molecule has 0 atom stereocenters. The summed E-state index contributed by atoms with van der Waals surface area (Å²) in [5.41, 5.74) is 3.30. The second kappa shape index (κ2) is 105. The van der Waals surface area contributed by atoms with E-state index < -0.39 is 0 Å². The maximum absolute atomic E-state index is 4.20. The van der Waals surface area contributed by atoms with E-state index in [1.807, 2.05) is 6.92 Å². The van der Waals surface area contributed by atoms with Crippen LogP contribution in [-0.2, 0) is 693 Å². The van der Waals surface area contributed by atoms with Crippen molar-refractivity contribution in [3.63, 3.8) is 0 Å². The van der Waals surface area contributed by atoms with E-state index in [1.165, 1.54) is 5.56 Å². The van der Waals surface area contributed by atoms with Gasteiger partial charge >= 0.3 is 0 Å². The van der Waals surface area contributed by atoms with Gasteiger partial charge in [-0.05, 0) is 0 Å². The van der Waals surface area contributed by atoms with Crippen molar-refractivity contribution in [3.8, 4) is 0 Å². The number of pyridine rings is 1. The number of aromatic nitrogens is 1. The van der Waals surface area contributed by atoms with Crippen molar-refractivity contribution in [2.24, 2.45) is 5.92 Å². The van der Waals surface area contributed by atoms with Crippen molar-refractivity contribution in [3.05, 3.63) is 29.1 Å². The molecule has 1 rings (SSSR count). The maximum atomic E-state index is 4.20. The Kier molecular flexibility index (Phi) is 442. The molecule has 0 N–H and O–H groups in total. The quantitative estimate of drug-likeness (QED) is 0.416. The normalized spacial score (nSPS) is 3.91. The maximum Gasteiger partial charge on any atom is 0 e. The first-order valence-corrected chi connectivity index (χ1v) is 4.36. The van der Waals surface area contributed by atoms with E-state index in [2.05, 4.69) is 38.0 Å². The Labute approximate surface area is 734 Å². The molecule has 129 valence electrons. The van der Waals surface area contributed by atoms with Gasteiger partial charge in [0.2, 0.25) is 0 Å². The summed E-state index contributed by atoms with van der Waals surface area (Å²) >= 11 is 0. The fraction of sp³-hybridized carbons (Fsp3) is 0.545. The van der Waals surface area contributed by atoms with Crippen LogP contribution < -0.4 is 0 Å². The fourth-order valence-corrected chi connectivity index (χ4v) is 1.06. The molecule has 0 amide bonds. The smallest absolute Gasteiger partial charge is 0 e. The molecule has 21 radical (unpaired) electrons. The minimum atomic E-state index is 0. The molecule has 1 aromatic rings. The summed E-state index contributed by atoms with van der Waals surface area (Å²) < 4.78 is 0. The first-order valence-electron chi connectivity index (χ1n) is 4.36. The van der Waals surface area contributed by atoms with E-state index in [1.54, 1.807) is 0 Å². The topological polar surface area (TPSA) is 12.9 Å². The van der Waals surface area contributed by atoms with Gasteiger partial charge in [-0.1, -0.05) is 26.2 Å². The molecule has 0 spiro atoms. The molecular formula is C11H15NY21-2. The second-order valence-electron chi connectivity index (χ2n) is 3.64. The van der Waals surface area contributed by atoms with Gasteiger partial charge in [0.05, 0.1) is 0 Å². The third-order valence-corrected chi connectivity index (χ3v) is 1.85. The van der Waals surface area contributed by atoms with Crippen LogP contribution in [0.5, 0.6) is 0 Å². The van der Waals surface area contributed by atoms with Gasteiger partial charge in [-0.25, -0.2) is 0 Å². The zero-order chi connectivity index (χ0) is 9.14. The molecule has 0 aliphatic heterocycles. The summed E-state index contributed by atoms with van der Waals surface area (Å²) in [6.45, 7) is 8.44. The molecule has 1 nitrogen and oxygen atoms in total. The summed E-state index contributed by atoms with van der Waals surface area (Å²) in [5, 5.41) is 0. The third-order valence-electron chi connectivity index (χ3n) is 1.85. The third kappa shape index (κ3) is 96.2. The van der Waals surface area contributed by atoms with Crippen LogP contribution >= 0.6 is 0 Å². The average molecular weight is 2030 g/mol. The van der Waals surface area contributed by atoms with E-state index in [4.69, 9.17) is 0 Å². The van der Waals surface area contributed by atoms with Gasteiger partial charge in [-0.3, -0.25) is 5.56 Å². The summed E-state index contributed by atoms with van der Waals surface area (Å²) in [6.07, 6.45) is 3.99. The molecule has 0 aliphatic carbocycles. The minimum Gasteiger partial charge on any atom is -0.430 e. The Morgan fingerprint density at radius 1 is 0.485 bits per heavy atom. The van der Waals surface area contributed by atoms with Crippen LogP contribution in [0.4, 0.5) is 0 Å². The molecule has 0 saturated carbocycles. The van der Waals surface area contributed by atoms with Gasteiger partial charge < -0.3 is 16.6 Å². The van der Waals surface area contributed by atoms with Crippen molar-refractivity contribution < 1.29 is 687 Å². The van der Waals surface area contributed by atoms with Crippen LogP contribution in [0, 0.1) is 32.0 Å². The van der Waals surface area contributed by atoms with E-state index >= 15 is 0 Å². The van der Waals surface area contributed by atoms with E-state index in [-0.39, 0.29) is 687 Å². The zero-order valence-corrected chi connectivity index (χ0v) is 80.0. The van der Waals surface area contributed by atoms with E-state index in [9.17, 15) is 0 Å². The summed E-state index contributed by atoms with van der Waals surface area (Å²) in [4.78, 5) is 4.20. The molecule has 33 heavy (non-hydrogen) atoms. The fourth-order valence-electron chi connectivity index (χ4n) is 1.06. The first kappa shape index (κ1) is 139. The summed E-state index contributed by atoms with van der Waals surface area (Å²) in [6, 6.07) is 3.26. The Morgan fingerprint density at radius 2 is 0.727 bits per heavy atom. The van der Waals surface area contributed by atoms with Gasteiger partial charge in [0.1, 0.15) is 0 Å². The van der Waals surface area contributed by atoms with Crippen LogP contribution in [-0.4, -0.2) is 4.98 Å². The monoisotopic (exact) mass is 2030 g/mol. The first-order chi connectivity index (χ1) is 5.59. The van der Waals surface area contributed by atoms with Gasteiger partial charge in [-0.2, -0.15) is 11.9 Å². The van der Waals surface area contributed by atoms with Gasteiger partial charge in [0.15, 0.2) is 0 Å². The predicted octanol–water partition coefficient (Wildman–Crippen LogP) is 2.44. The molecule has 0 saturated heterocycles.